The Balaban J connectivity index is 3.42. The summed E-state index contributed by atoms with van der Waals surface area (Å²) in [5.74, 6) is -0.0555. The number of hydrogen-bond acceptors (Lipinski definition) is 5. The molecule has 0 aliphatic rings. The van der Waals surface area contributed by atoms with E-state index >= 15 is 0 Å². The molecule has 6 nitrogen and oxygen atoms in total. The molecule has 0 saturated heterocycles. The summed E-state index contributed by atoms with van der Waals surface area (Å²) in [6.07, 6.45) is 61.3. The van der Waals surface area contributed by atoms with Gasteiger partial charge in [0.1, 0.15) is 0 Å². The van der Waals surface area contributed by atoms with Crippen molar-refractivity contribution in [2.24, 2.45) is 0 Å². The first-order chi connectivity index (χ1) is 30.0. The zero-order chi connectivity index (χ0) is 44.4. The van der Waals surface area contributed by atoms with Gasteiger partial charge in [-0.1, -0.05) is 217 Å². The highest BCUT2D eigenvalue weighted by molar-refractivity contribution is 5.76. The van der Waals surface area contributed by atoms with Crippen LogP contribution in [0.15, 0.2) is 36.5 Å². The lowest BCUT2D eigenvalue weighted by atomic mass is 10.0. The lowest BCUT2D eigenvalue weighted by Gasteiger charge is -2.22. The van der Waals surface area contributed by atoms with Crippen LogP contribution in [0.3, 0.4) is 0 Å². The number of rotatable bonds is 49. The van der Waals surface area contributed by atoms with E-state index < -0.39 is 12.1 Å². The maximum Gasteiger partial charge on any atom is 0.305 e. The van der Waals surface area contributed by atoms with Crippen LogP contribution < -0.4 is 5.32 Å². The predicted molar refractivity (Wildman–Crippen MR) is 264 cm³/mol. The quantitative estimate of drug-likeness (QED) is 0.0322. The van der Waals surface area contributed by atoms with Crippen LogP contribution in [0.25, 0.3) is 0 Å². The zero-order valence-electron chi connectivity index (χ0n) is 40.6. The number of ether oxygens (including phenoxy) is 1. The fourth-order valence-electron chi connectivity index (χ4n) is 8.02. The van der Waals surface area contributed by atoms with Crippen molar-refractivity contribution in [3.63, 3.8) is 0 Å². The second kappa shape index (κ2) is 50.7. The highest BCUT2D eigenvalue weighted by Crippen LogP contribution is 2.15. The molecule has 0 heterocycles. The van der Waals surface area contributed by atoms with Gasteiger partial charge in [0.15, 0.2) is 0 Å². The molecule has 0 aliphatic carbocycles. The van der Waals surface area contributed by atoms with Gasteiger partial charge in [0.05, 0.1) is 25.4 Å². The van der Waals surface area contributed by atoms with E-state index in [4.69, 9.17) is 4.74 Å². The lowest BCUT2D eigenvalue weighted by molar-refractivity contribution is -0.143. The van der Waals surface area contributed by atoms with Crippen molar-refractivity contribution in [3.8, 4) is 0 Å². The fraction of sp³-hybridized carbons (Fsp3) is 0.855. The lowest BCUT2D eigenvalue weighted by Crippen LogP contribution is -2.45. The van der Waals surface area contributed by atoms with Gasteiger partial charge < -0.3 is 20.3 Å². The number of aliphatic hydroxyl groups is 2. The van der Waals surface area contributed by atoms with Crippen LogP contribution in [0.2, 0.25) is 0 Å². The second-order valence-electron chi connectivity index (χ2n) is 18.2. The van der Waals surface area contributed by atoms with Crippen molar-refractivity contribution in [2.75, 3.05) is 13.2 Å². The Morgan fingerprint density at radius 2 is 0.820 bits per heavy atom. The summed E-state index contributed by atoms with van der Waals surface area (Å²) in [5.41, 5.74) is 0. The Kier molecular flexibility index (Phi) is 49.1. The Bertz CT molecular complexity index is 993. The summed E-state index contributed by atoms with van der Waals surface area (Å²) in [4.78, 5) is 24.4. The third-order valence-corrected chi connectivity index (χ3v) is 12.2. The molecule has 2 unspecified atom stereocenters. The van der Waals surface area contributed by atoms with E-state index in [1.165, 1.54) is 193 Å². The maximum absolute atomic E-state index is 12.4. The van der Waals surface area contributed by atoms with Gasteiger partial charge in [-0.05, 0) is 83.5 Å². The first kappa shape index (κ1) is 59.1. The first-order valence-electron chi connectivity index (χ1n) is 26.7. The van der Waals surface area contributed by atoms with Gasteiger partial charge in [-0.2, -0.15) is 0 Å². The van der Waals surface area contributed by atoms with E-state index in [1.807, 2.05) is 0 Å². The molecule has 2 atom stereocenters. The normalized spacial score (nSPS) is 12.9. The highest BCUT2D eigenvalue weighted by atomic mass is 16.5. The van der Waals surface area contributed by atoms with E-state index in [0.29, 0.717) is 25.9 Å². The molecule has 0 fully saturated rings. The van der Waals surface area contributed by atoms with Gasteiger partial charge in [-0.15, -0.1) is 0 Å². The molecule has 6 heteroatoms. The largest absolute Gasteiger partial charge is 0.466 e. The maximum atomic E-state index is 12.4. The molecule has 0 radical (unpaired) electrons. The molecule has 0 bridgehead atoms. The summed E-state index contributed by atoms with van der Waals surface area (Å²) in [5, 5.41) is 23.1. The molecule has 0 aliphatic heterocycles. The minimum absolute atomic E-state index is 0.00845. The van der Waals surface area contributed by atoms with Crippen molar-refractivity contribution in [1.29, 1.82) is 0 Å². The van der Waals surface area contributed by atoms with Crippen LogP contribution in [0.4, 0.5) is 0 Å². The van der Waals surface area contributed by atoms with E-state index in [9.17, 15) is 19.8 Å². The molecular formula is C55H103NO5. The predicted octanol–water partition coefficient (Wildman–Crippen LogP) is 16.1. The summed E-state index contributed by atoms with van der Waals surface area (Å²) < 4.78 is 5.46. The van der Waals surface area contributed by atoms with E-state index in [1.54, 1.807) is 0 Å². The molecule has 0 spiro atoms. The molecule has 0 aromatic carbocycles. The summed E-state index contributed by atoms with van der Waals surface area (Å²) in [7, 11) is 0. The topological polar surface area (TPSA) is 95.9 Å². The highest BCUT2D eigenvalue weighted by Gasteiger charge is 2.20. The number of carbonyl (C=O) groups excluding carboxylic acids is 2. The number of amides is 1. The summed E-state index contributed by atoms with van der Waals surface area (Å²) >= 11 is 0. The van der Waals surface area contributed by atoms with Crippen molar-refractivity contribution in [1.82, 2.24) is 5.32 Å². The Morgan fingerprint density at radius 1 is 0.459 bits per heavy atom. The van der Waals surface area contributed by atoms with Gasteiger partial charge in [-0.3, -0.25) is 9.59 Å². The SMILES string of the molecule is CCCCC/C=C\C/C=C\CCCCCCCC(=O)OCCCCCCCCCCC/C=C\CCCCCCCCCC(=O)NC(CO)C(O)CCCCCCCCCCC. The number of esters is 1. The number of aliphatic hydroxyl groups excluding tert-OH is 2. The minimum Gasteiger partial charge on any atom is -0.466 e. The molecule has 0 aromatic heterocycles. The van der Waals surface area contributed by atoms with Crippen LogP contribution in [0.1, 0.15) is 277 Å². The standard InChI is InChI=1S/C55H103NO5/c1-3-5-7-9-11-13-14-15-22-26-29-33-37-41-45-49-55(60)61-50-46-42-38-34-30-27-24-21-19-17-16-18-20-23-25-28-32-36-40-44-48-54(59)56-52(51-57)53(58)47-43-39-35-31-12-10-8-6-4-2/h11,13,15-16,18,22,52-53,57-58H,3-10,12,14,17,19-21,23-51H2,1-2H3,(H,56,59)/b13-11-,18-16-,22-15-. The van der Waals surface area contributed by atoms with Gasteiger partial charge in [0, 0.05) is 12.8 Å². The molecule has 0 saturated carbocycles. The molecule has 1 amide bonds. The molecular weight excluding hydrogens is 755 g/mol. The van der Waals surface area contributed by atoms with E-state index in [-0.39, 0.29) is 18.5 Å². The van der Waals surface area contributed by atoms with Crippen molar-refractivity contribution < 1.29 is 24.5 Å². The number of nitrogens with one attached hydrogen (secondary N) is 1. The van der Waals surface area contributed by atoms with Crippen LogP contribution in [-0.2, 0) is 14.3 Å². The molecule has 61 heavy (non-hydrogen) atoms. The van der Waals surface area contributed by atoms with Crippen molar-refractivity contribution in [3.05, 3.63) is 36.5 Å². The zero-order valence-corrected chi connectivity index (χ0v) is 40.6. The van der Waals surface area contributed by atoms with Gasteiger partial charge >= 0.3 is 5.97 Å². The van der Waals surface area contributed by atoms with Gasteiger partial charge in [0.25, 0.3) is 0 Å². The average Bonchev–Trinajstić information content (AvgIpc) is 3.26. The monoisotopic (exact) mass is 858 g/mol. The summed E-state index contributed by atoms with van der Waals surface area (Å²) in [6.45, 7) is 4.88. The minimum atomic E-state index is -0.668. The van der Waals surface area contributed by atoms with Gasteiger partial charge in [0.2, 0.25) is 5.91 Å². The average molecular weight is 858 g/mol. The molecule has 3 N–H and O–H groups in total. The van der Waals surface area contributed by atoms with E-state index in [0.717, 1.165) is 51.4 Å². The van der Waals surface area contributed by atoms with Crippen LogP contribution in [-0.4, -0.2) is 47.4 Å². The Labute approximate surface area is 379 Å². The van der Waals surface area contributed by atoms with E-state index in [2.05, 4.69) is 55.6 Å². The van der Waals surface area contributed by atoms with Crippen molar-refractivity contribution >= 4 is 11.9 Å². The first-order valence-corrected chi connectivity index (χ1v) is 26.7. The number of hydrogen-bond donors (Lipinski definition) is 3. The van der Waals surface area contributed by atoms with Gasteiger partial charge in [-0.25, -0.2) is 0 Å². The Hall–Kier alpha value is -1.92. The fourth-order valence-corrected chi connectivity index (χ4v) is 8.02. The smallest absolute Gasteiger partial charge is 0.305 e. The van der Waals surface area contributed by atoms with Crippen LogP contribution >= 0.6 is 0 Å². The number of carbonyl (C=O) groups is 2. The third kappa shape index (κ3) is 47.4. The van der Waals surface area contributed by atoms with Crippen molar-refractivity contribution in [2.45, 2.75) is 289 Å². The molecule has 0 rings (SSSR count). The second-order valence-corrected chi connectivity index (χ2v) is 18.2. The number of unbranched alkanes of at least 4 members (excludes halogenated alkanes) is 32. The molecule has 0 aromatic rings. The Morgan fingerprint density at radius 3 is 1.30 bits per heavy atom. The van der Waals surface area contributed by atoms with Crippen LogP contribution in [0, 0.1) is 0 Å². The summed E-state index contributed by atoms with van der Waals surface area (Å²) in [6, 6.07) is -0.546. The van der Waals surface area contributed by atoms with Crippen LogP contribution in [0.5, 0.6) is 0 Å². The number of allylic oxidation sites excluding steroid dienone is 6. The third-order valence-electron chi connectivity index (χ3n) is 12.2. The molecule has 358 valence electrons.